The van der Waals surface area contributed by atoms with Crippen LogP contribution in [-0.4, -0.2) is 31.0 Å². The normalized spacial score (nSPS) is 18.7. The fourth-order valence-electron chi connectivity index (χ4n) is 2.81. The van der Waals surface area contributed by atoms with E-state index in [0.717, 1.165) is 4.47 Å². The molecule has 0 spiro atoms. The smallest absolute Gasteiger partial charge is 0.261 e. The van der Waals surface area contributed by atoms with Gasteiger partial charge in [0.1, 0.15) is 0 Å². The van der Waals surface area contributed by atoms with Gasteiger partial charge in [0.15, 0.2) is 11.4 Å². The number of carbonyl (C=O) groups excluding carboxylic acids is 2. The Morgan fingerprint density at radius 2 is 1.89 bits per heavy atom. The summed E-state index contributed by atoms with van der Waals surface area (Å²) in [5, 5.41) is 13.4. The molecule has 0 aliphatic carbocycles. The molecular weight excluding hydrogens is 436 g/mol. The number of hydrogen-bond donors (Lipinski definition) is 3. The highest BCUT2D eigenvalue weighted by molar-refractivity contribution is 9.10. The van der Waals surface area contributed by atoms with Crippen molar-refractivity contribution in [1.29, 1.82) is 0 Å². The zero-order valence-corrected chi connectivity index (χ0v) is 16.7. The van der Waals surface area contributed by atoms with Gasteiger partial charge in [-0.3, -0.25) is 14.3 Å². The number of ketones is 1. The lowest BCUT2D eigenvalue weighted by atomic mass is 9.88. The zero-order valence-electron chi connectivity index (χ0n) is 14.3. The molecule has 0 unspecified atom stereocenters. The lowest BCUT2D eigenvalue weighted by Crippen LogP contribution is -2.36. The summed E-state index contributed by atoms with van der Waals surface area (Å²) in [5.74, 6) is -1.16. The third-order valence-corrected chi connectivity index (χ3v) is 6.13. The van der Waals surface area contributed by atoms with E-state index in [1.807, 2.05) is 0 Å². The Morgan fingerprint density at radius 3 is 2.52 bits per heavy atom. The standard InChI is InChI=1S/C18H17BrN2O5S/c1-2-27(25,26)21-13-6-3-11(4-7-13)16(22)10-18(24)14-8-5-12(19)9-15(14)20-17(18)23/h3-9,21,24H,2,10H2,1H3,(H,20,23)/t18-/m1/s1. The first-order chi connectivity index (χ1) is 12.6. The molecule has 3 N–H and O–H groups in total. The molecule has 27 heavy (non-hydrogen) atoms. The van der Waals surface area contributed by atoms with E-state index >= 15 is 0 Å². The average Bonchev–Trinajstić information content (AvgIpc) is 2.85. The maximum absolute atomic E-state index is 12.6. The maximum Gasteiger partial charge on any atom is 0.261 e. The number of benzene rings is 2. The van der Waals surface area contributed by atoms with Gasteiger partial charge in [0.2, 0.25) is 10.0 Å². The van der Waals surface area contributed by atoms with Crippen LogP contribution in [-0.2, 0) is 20.4 Å². The van der Waals surface area contributed by atoms with Crippen LogP contribution < -0.4 is 10.0 Å². The van der Waals surface area contributed by atoms with Crippen molar-refractivity contribution in [3.05, 3.63) is 58.1 Å². The molecule has 1 heterocycles. The van der Waals surface area contributed by atoms with Crippen LogP contribution in [0.4, 0.5) is 11.4 Å². The predicted molar refractivity (Wildman–Crippen MR) is 105 cm³/mol. The third kappa shape index (κ3) is 3.90. The van der Waals surface area contributed by atoms with Crippen LogP contribution in [0.2, 0.25) is 0 Å². The van der Waals surface area contributed by atoms with Gasteiger partial charge < -0.3 is 10.4 Å². The number of nitrogens with one attached hydrogen (secondary N) is 2. The van der Waals surface area contributed by atoms with E-state index in [4.69, 9.17) is 0 Å². The number of Topliss-reactive ketones (excluding diaryl/α,β-unsaturated/α-hetero) is 1. The van der Waals surface area contributed by atoms with E-state index in [1.54, 1.807) is 18.2 Å². The van der Waals surface area contributed by atoms with Gasteiger partial charge in [-0.05, 0) is 43.3 Å². The molecule has 2 aromatic carbocycles. The molecule has 0 saturated heterocycles. The van der Waals surface area contributed by atoms with Crippen LogP contribution in [0, 0.1) is 0 Å². The van der Waals surface area contributed by atoms with Crippen LogP contribution in [0.25, 0.3) is 0 Å². The summed E-state index contributed by atoms with van der Waals surface area (Å²) in [6.07, 6.45) is -0.423. The van der Waals surface area contributed by atoms with Crippen LogP contribution >= 0.6 is 15.9 Å². The summed E-state index contributed by atoms with van der Waals surface area (Å²) in [6, 6.07) is 10.8. The van der Waals surface area contributed by atoms with Crippen molar-refractivity contribution in [1.82, 2.24) is 0 Å². The third-order valence-electron chi connectivity index (χ3n) is 4.33. The Bertz CT molecular complexity index is 1020. The van der Waals surface area contributed by atoms with Crippen LogP contribution in [0.1, 0.15) is 29.3 Å². The number of carbonyl (C=O) groups is 2. The van der Waals surface area contributed by atoms with Crippen molar-refractivity contribution in [2.75, 3.05) is 15.8 Å². The van der Waals surface area contributed by atoms with Crippen molar-refractivity contribution in [2.24, 2.45) is 0 Å². The number of anilines is 2. The van der Waals surface area contributed by atoms with Gasteiger partial charge in [-0.15, -0.1) is 0 Å². The van der Waals surface area contributed by atoms with E-state index in [2.05, 4.69) is 26.0 Å². The second-order valence-electron chi connectivity index (χ2n) is 6.19. The summed E-state index contributed by atoms with van der Waals surface area (Å²) in [7, 11) is -3.41. The summed E-state index contributed by atoms with van der Waals surface area (Å²) in [5.41, 5.74) is -0.553. The van der Waals surface area contributed by atoms with Crippen molar-refractivity contribution in [2.45, 2.75) is 18.9 Å². The highest BCUT2D eigenvalue weighted by atomic mass is 79.9. The SMILES string of the molecule is CCS(=O)(=O)Nc1ccc(C(=O)C[C@]2(O)C(=O)Nc3cc(Br)ccc32)cc1. The zero-order chi connectivity index (χ0) is 19.8. The minimum absolute atomic E-state index is 0.0641. The fraction of sp³-hybridized carbons (Fsp3) is 0.222. The first-order valence-electron chi connectivity index (χ1n) is 8.12. The van der Waals surface area contributed by atoms with E-state index in [9.17, 15) is 23.1 Å². The lowest BCUT2D eigenvalue weighted by molar-refractivity contribution is -0.133. The quantitative estimate of drug-likeness (QED) is 0.583. The predicted octanol–water partition coefficient (Wildman–Crippen LogP) is 2.62. The van der Waals surface area contributed by atoms with Gasteiger partial charge in [-0.1, -0.05) is 22.0 Å². The van der Waals surface area contributed by atoms with Crippen molar-refractivity contribution >= 4 is 49.0 Å². The molecule has 1 aliphatic rings. The minimum atomic E-state index is -3.41. The number of sulfonamides is 1. The Labute approximate surface area is 165 Å². The first-order valence-corrected chi connectivity index (χ1v) is 10.6. The topological polar surface area (TPSA) is 113 Å². The van der Waals surface area contributed by atoms with E-state index in [1.165, 1.54) is 31.2 Å². The Hall–Kier alpha value is -2.23. The van der Waals surface area contributed by atoms with Crippen LogP contribution in [0.5, 0.6) is 0 Å². The summed E-state index contributed by atoms with van der Waals surface area (Å²) >= 11 is 3.29. The number of aliphatic hydroxyl groups is 1. The number of rotatable bonds is 6. The summed E-state index contributed by atoms with van der Waals surface area (Å²) in [4.78, 5) is 24.9. The maximum atomic E-state index is 12.6. The molecule has 1 amide bonds. The van der Waals surface area contributed by atoms with Gasteiger partial charge >= 0.3 is 0 Å². The average molecular weight is 453 g/mol. The largest absolute Gasteiger partial charge is 0.375 e. The first kappa shape index (κ1) is 19.5. The molecule has 9 heteroatoms. The molecule has 142 valence electrons. The number of amides is 1. The number of halogens is 1. The molecule has 0 aromatic heterocycles. The fourth-order valence-corrected chi connectivity index (χ4v) is 3.81. The second-order valence-corrected chi connectivity index (χ2v) is 9.11. The highest BCUT2D eigenvalue weighted by Gasteiger charge is 2.46. The molecular formula is C18H17BrN2O5S. The number of hydrogen-bond acceptors (Lipinski definition) is 5. The van der Waals surface area contributed by atoms with E-state index in [-0.39, 0.29) is 11.3 Å². The van der Waals surface area contributed by atoms with Gasteiger partial charge in [0.25, 0.3) is 5.91 Å². The Balaban J connectivity index is 1.81. The molecule has 1 atom stereocenters. The van der Waals surface area contributed by atoms with Crippen LogP contribution in [0.3, 0.4) is 0 Å². The van der Waals surface area contributed by atoms with Gasteiger partial charge in [-0.25, -0.2) is 8.42 Å². The molecule has 7 nitrogen and oxygen atoms in total. The minimum Gasteiger partial charge on any atom is -0.375 e. The van der Waals surface area contributed by atoms with Gasteiger partial charge in [0, 0.05) is 27.0 Å². The molecule has 1 aliphatic heterocycles. The van der Waals surface area contributed by atoms with E-state index < -0.39 is 33.7 Å². The molecule has 0 radical (unpaired) electrons. The van der Waals surface area contributed by atoms with Crippen molar-refractivity contribution in [3.8, 4) is 0 Å². The molecule has 2 aromatic rings. The van der Waals surface area contributed by atoms with Gasteiger partial charge in [-0.2, -0.15) is 0 Å². The van der Waals surface area contributed by atoms with Gasteiger partial charge in [0.05, 0.1) is 12.2 Å². The van der Waals surface area contributed by atoms with Crippen molar-refractivity contribution in [3.63, 3.8) is 0 Å². The molecule has 3 rings (SSSR count). The monoisotopic (exact) mass is 452 g/mol. The molecule has 0 saturated carbocycles. The molecule has 0 bridgehead atoms. The second kappa shape index (κ2) is 7.06. The summed E-state index contributed by atoms with van der Waals surface area (Å²) < 4.78 is 26.3. The van der Waals surface area contributed by atoms with Crippen LogP contribution in [0.15, 0.2) is 46.9 Å². The van der Waals surface area contributed by atoms with E-state index in [0.29, 0.717) is 16.9 Å². The highest BCUT2D eigenvalue weighted by Crippen LogP contribution is 2.40. The number of fused-ring (bicyclic) bond motifs is 1. The molecule has 0 fully saturated rings. The Kier molecular flexibility index (Phi) is 5.11. The Morgan fingerprint density at radius 1 is 1.22 bits per heavy atom. The lowest BCUT2D eigenvalue weighted by Gasteiger charge is -2.20. The summed E-state index contributed by atoms with van der Waals surface area (Å²) in [6.45, 7) is 1.52. The van der Waals surface area contributed by atoms with Crippen molar-refractivity contribution < 1.29 is 23.1 Å².